The van der Waals surface area contributed by atoms with Crippen LogP contribution in [0.5, 0.6) is 0 Å². The predicted octanol–water partition coefficient (Wildman–Crippen LogP) is 3.04. The number of thiazole rings is 1. The summed E-state index contributed by atoms with van der Waals surface area (Å²) in [5.74, 6) is 0. The molecule has 4 nitrogen and oxygen atoms in total. The minimum Gasteiger partial charge on any atom is -0.246 e. The molecule has 0 aromatic carbocycles. The molecule has 2 aromatic rings. The molecule has 1 unspecified atom stereocenters. The highest BCUT2D eigenvalue weighted by molar-refractivity contribution is 7.09. The van der Waals surface area contributed by atoms with Gasteiger partial charge in [0.25, 0.3) is 0 Å². The first-order chi connectivity index (χ1) is 8.19. The van der Waals surface area contributed by atoms with E-state index in [9.17, 15) is 0 Å². The van der Waals surface area contributed by atoms with Gasteiger partial charge in [-0.1, -0.05) is 12.1 Å². The number of alkyl halides is 1. The number of hydrogen-bond donors (Lipinski definition) is 0. The molecule has 0 aliphatic carbocycles. The first-order valence-electron chi connectivity index (χ1n) is 5.66. The van der Waals surface area contributed by atoms with Gasteiger partial charge in [0, 0.05) is 5.38 Å². The number of nitrogens with zero attached hydrogens (tertiary/aromatic N) is 4. The lowest BCUT2D eigenvalue weighted by Gasteiger charge is -1.96. The molecule has 0 aliphatic rings. The summed E-state index contributed by atoms with van der Waals surface area (Å²) in [4.78, 5) is 4.55. The van der Waals surface area contributed by atoms with E-state index in [0.29, 0.717) is 6.54 Å². The van der Waals surface area contributed by atoms with Crippen LogP contribution in [0, 0.1) is 0 Å². The van der Waals surface area contributed by atoms with Crippen LogP contribution in [0.3, 0.4) is 0 Å². The second-order valence-corrected chi connectivity index (χ2v) is 5.54. The summed E-state index contributed by atoms with van der Waals surface area (Å²) >= 11 is 7.64. The van der Waals surface area contributed by atoms with E-state index >= 15 is 0 Å². The van der Waals surface area contributed by atoms with E-state index in [2.05, 4.69) is 27.6 Å². The third-order valence-corrected chi connectivity index (χ3v) is 3.53. The van der Waals surface area contributed by atoms with E-state index in [1.54, 1.807) is 16.0 Å². The van der Waals surface area contributed by atoms with Gasteiger partial charge in [0.15, 0.2) is 0 Å². The molecule has 0 bridgehead atoms. The average molecular weight is 271 g/mol. The van der Waals surface area contributed by atoms with Crippen LogP contribution in [0.15, 0.2) is 11.6 Å². The van der Waals surface area contributed by atoms with Crippen LogP contribution in [0.1, 0.15) is 42.0 Å². The quantitative estimate of drug-likeness (QED) is 0.785. The highest BCUT2D eigenvalue weighted by Gasteiger charge is 2.08. The minimum atomic E-state index is -0.102. The van der Waals surface area contributed by atoms with Crippen LogP contribution in [-0.2, 0) is 13.0 Å². The Balaban J connectivity index is 2.03. The lowest BCUT2D eigenvalue weighted by molar-refractivity contribution is 0.639. The summed E-state index contributed by atoms with van der Waals surface area (Å²) in [5, 5.41) is 11.2. The van der Waals surface area contributed by atoms with Gasteiger partial charge in [0.2, 0.25) is 0 Å². The molecule has 0 saturated heterocycles. The molecule has 17 heavy (non-hydrogen) atoms. The number of aromatic nitrogens is 4. The summed E-state index contributed by atoms with van der Waals surface area (Å²) in [5.41, 5.74) is 1.84. The van der Waals surface area contributed by atoms with Crippen LogP contribution in [-0.4, -0.2) is 20.0 Å². The maximum absolute atomic E-state index is 5.94. The molecule has 0 aliphatic heterocycles. The van der Waals surface area contributed by atoms with Gasteiger partial charge in [0.1, 0.15) is 5.69 Å². The van der Waals surface area contributed by atoms with Crippen molar-refractivity contribution < 1.29 is 0 Å². The Labute approximate surface area is 110 Å². The molecule has 0 saturated carbocycles. The molecular formula is C11H15ClN4S. The molecule has 0 amide bonds. The molecule has 92 valence electrons. The number of rotatable bonds is 5. The van der Waals surface area contributed by atoms with Crippen molar-refractivity contribution in [1.29, 1.82) is 0 Å². The van der Waals surface area contributed by atoms with Gasteiger partial charge in [-0.2, -0.15) is 0 Å². The van der Waals surface area contributed by atoms with Crippen molar-refractivity contribution in [1.82, 2.24) is 20.0 Å². The van der Waals surface area contributed by atoms with Crippen molar-refractivity contribution in [2.75, 3.05) is 0 Å². The highest BCUT2D eigenvalue weighted by Crippen LogP contribution is 2.16. The summed E-state index contributed by atoms with van der Waals surface area (Å²) in [6.07, 6.45) is 4.05. The van der Waals surface area contributed by atoms with Crippen LogP contribution in [0.4, 0.5) is 0 Å². The Kier molecular flexibility index (Phi) is 4.12. The number of halogens is 1. The number of hydrogen-bond acceptors (Lipinski definition) is 4. The van der Waals surface area contributed by atoms with E-state index < -0.39 is 0 Å². The van der Waals surface area contributed by atoms with Crippen molar-refractivity contribution in [2.45, 2.75) is 38.6 Å². The summed E-state index contributed by atoms with van der Waals surface area (Å²) in [6.45, 7) is 4.71. The fourth-order valence-electron chi connectivity index (χ4n) is 1.49. The summed E-state index contributed by atoms with van der Waals surface area (Å²) in [7, 11) is 0. The molecule has 0 spiro atoms. The third-order valence-electron chi connectivity index (χ3n) is 2.35. The van der Waals surface area contributed by atoms with Gasteiger partial charge in [-0.05, 0) is 19.8 Å². The monoisotopic (exact) mass is 270 g/mol. The maximum Gasteiger partial charge on any atom is 0.100 e. The normalized spacial score (nSPS) is 12.9. The molecule has 2 aromatic heterocycles. The topological polar surface area (TPSA) is 43.6 Å². The fraction of sp³-hybridized carbons (Fsp3) is 0.545. The Morgan fingerprint density at radius 2 is 2.35 bits per heavy atom. The average Bonchev–Trinajstić information content (AvgIpc) is 2.89. The molecule has 6 heteroatoms. The molecule has 1 atom stereocenters. The van der Waals surface area contributed by atoms with Gasteiger partial charge < -0.3 is 0 Å². The minimum absolute atomic E-state index is 0.102. The lowest BCUT2D eigenvalue weighted by atomic mass is 10.3. The standard InChI is InChI=1S/C11H15ClN4S/c1-3-4-11-13-9(7-17-11)5-16-6-10(8(2)12)14-15-16/h6-8H,3-5H2,1-2H3. The maximum atomic E-state index is 5.94. The Morgan fingerprint density at radius 3 is 3.00 bits per heavy atom. The zero-order valence-electron chi connectivity index (χ0n) is 9.93. The first-order valence-corrected chi connectivity index (χ1v) is 6.98. The smallest absolute Gasteiger partial charge is 0.100 e. The van der Waals surface area contributed by atoms with Gasteiger partial charge in [-0.25, -0.2) is 9.67 Å². The van der Waals surface area contributed by atoms with E-state index in [0.717, 1.165) is 24.2 Å². The van der Waals surface area contributed by atoms with E-state index in [-0.39, 0.29) is 5.38 Å². The van der Waals surface area contributed by atoms with Crippen LogP contribution in [0.2, 0.25) is 0 Å². The SMILES string of the molecule is CCCc1nc(Cn2cc(C(C)Cl)nn2)cs1. The summed E-state index contributed by atoms with van der Waals surface area (Å²) < 4.78 is 1.78. The largest absolute Gasteiger partial charge is 0.246 e. The first kappa shape index (κ1) is 12.5. The predicted molar refractivity (Wildman–Crippen MR) is 69.5 cm³/mol. The molecular weight excluding hydrogens is 256 g/mol. The molecule has 0 fully saturated rings. The van der Waals surface area contributed by atoms with E-state index in [1.807, 2.05) is 13.1 Å². The fourth-order valence-corrected chi connectivity index (χ4v) is 2.48. The molecule has 0 N–H and O–H groups in total. The van der Waals surface area contributed by atoms with Crippen molar-refractivity contribution in [2.24, 2.45) is 0 Å². The van der Waals surface area contributed by atoms with Gasteiger partial charge in [0.05, 0.1) is 28.8 Å². The molecule has 0 radical (unpaired) electrons. The van der Waals surface area contributed by atoms with Gasteiger partial charge in [-0.3, -0.25) is 0 Å². The summed E-state index contributed by atoms with van der Waals surface area (Å²) in [6, 6.07) is 0. The van der Waals surface area contributed by atoms with Crippen molar-refractivity contribution in [3.05, 3.63) is 28.0 Å². The Hall–Kier alpha value is -0.940. The van der Waals surface area contributed by atoms with Crippen LogP contribution < -0.4 is 0 Å². The van der Waals surface area contributed by atoms with Crippen molar-refractivity contribution in [3.63, 3.8) is 0 Å². The van der Waals surface area contributed by atoms with Crippen molar-refractivity contribution in [3.8, 4) is 0 Å². The zero-order valence-corrected chi connectivity index (χ0v) is 11.5. The lowest BCUT2D eigenvalue weighted by Crippen LogP contribution is -2.01. The molecule has 2 rings (SSSR count). The van der Waals surface area contributed by atoms with E-state index in [1.165, 1.54) is 5.01 Å². The Morgan fingerprint density at radius 1 is 1.53 bits per heavy atom. The second kappa shape index (κ2) is 5.60. The van der Waals surface area contributed by atoms with Gasteiger partial charge in [-0.15, -0.1) is 28.0 Å². The van der Waals surface area contributed by atoms with Crippen molar-refractivity contribution >= 4 is 22.9 Å². The molecule has 2 heterocycles. The van der Waals surface area contributed by atoms with Crippen LogP contribution >= 0.6 is 22.9 Å². The highest BCUT2D eigenvalue weighted by atomic mass is 35.5. The zero-order chi connectivity index (χ0) is 12.3. The third kappa shape index (κ3) is 3.26. The van der Waals surface area contributed by atoms with Gasteiger partial charge >= 0.3 is 0 Å². The second-order valence-electron chi connectivity index (χ2n) is 3.94. The number of aryl methyl sites for hydroxylation is 1. The Bertz CT molecular complexity index is 477. The van der Waals surface area contributed by atoms with Crippen LogP contribution in [0.25, 0.3) is 0 Å². The van der Waals surface area contributed by atoms with E-state index in [4.69, 9.17) is 11.6 Å².